The number of anilines is 1. The fourth-order valence-electron chi connectivity index (χ4n) is 1.93. The lowest BCUT2D eigenvalue weighted by Crippen LogP contribution is -2.14. The summed E-state index contributed by atoms with van der Waals surface area (Å²) in [5, 5.41) is 11.3. The van der Waals surface area contributed by atoms with Crippen LogP contribution in [0.25, 0.3) is 0 Å². The van der Waals surface area contributed by atoms with Gasteiger partial charge in [-0.25, -0.2) is 13.6 Å². The molecule has 2 aromatic rings. The molecule has 0 aliphatic heterocycles. The van der Waals surface area contributed by atoms with Crippen molar-refractivity contribution in [1.29, 1.82) is 5.26 Å². The van der Waals surface area contributed by atoms with E-state index in [9.17, 15) is 18.4 Å². The standard InChI is InChI=1S/C15H10F2N2O4/c1-7-12(15(21)22-2)10(6-18)14(23-7)19-13(20)9-4-3-8(16)5-11(9)17/h3-5H,1-2H3,(H,19,20). The molecule has 1 heterocycles. The van der Waals surface area contributed by atoms with Crippen LogP contribution in [-0.2, 0) is 4.74 Å². The van der Waals surface area contributed by atoms with E-state index in [1.165, 1.54) is 6.92 Å². The largest absolute Gasteiger partial charge is 0.465 e. The van der Waals surface area contributed by atoms with Gasteiger partial charge in [-0.1, -0.05) is 0 Å². The molecular weight excluding hydrogens is 310 g/mol. The van der Waals surface area contributed by atoms with Crippen molar-refractivity contribution in [1.82, 2.24) is 0 Å². The summed E-state index contributed by atoms with van der Waals surface area (Å²) < 4.78 is 36.1. The first-order chi connectivity index (χ1) is 10.9. The third kappa shape index (κ3) is 3.03. The van der Waals surface area contributed by atoms with Crippen LogP contribution in [0.5, 0.6) is 0 Å². The van der Waals surface area contributed by atoms with Crippen molar-refractivity contribution in [2.75, 3.05) is 12.4 Å². The number of methoxy groups -OCH3 is 1. The number of carbonyl (C=O) groups is 2. The molecule has 0 aliphatic carbocycles. The maximum atomic E-state index is 13.6. The number of nitrogens with one attached hydrogen (secondary N) is 1. The van der Waals surface area contributed by atoms with Crippen molar-refractivity contribution >= 4 is 17.8 Å². The Morgan fingerprint density at radius 3 is 2.61 bits per heavy atom. The molecule has 0 saturated carbocycles. The lowest BCUT2D eigenvalue weighted by atomic mass is 10.1. The van der Waals surface area contributed by atoms with Crippen LogP contribution in [0.1, 0.15) is 32.0 Å². The van der Waals surface area contributed by atoms with Crippen LogP contribution in [0.15, 0.2) is 22.6 Å². The summed E-state index contributed by atoms with van der Waals surface area (Å²) in [6.07, 6.45) is 0. The van der Waals surface area contributed by atoms with Crippen molar-refractivity contribution in [3.63, 3.8) is 0 Å². The average molecular weight is 320 g/mol. The number of hydrogen-bond donors (Lipinski definition) is 1. The van der Waals surface area contributed by atoms with Crippen molar-refractivity contribution in [2.45, 2.75) is 6.92 Å². The lowest BCUT2D eigenvalue weighted by Gasteiger charge is -2.04. The average Bonchev–Trinajstić information content (AvgIpc) is 2.81. The van der Waals surface area contributed by atoms with E-state index in [1.807, 2.05) is 0 Å². The van der Waals surface area contributed by atoms with Crippen LogP contribution in [0.2, 0.25) is 0 Å². The van der Waals surface area contributed by atoms with E-state index in [-0.39, 0.29) is 22.8 Å². The quantitative estimate of drug-likeness (QED) is 0.878. The van der Waals surface area contributed by atoms with Gasteiger partial charge in [0.25, 0.3) is 5.91 Å². The summed E-state index contributed by atoms with van der Waals surface area (Å²) in [7, 11) is 1.13. The van der Waals surface area contributed by atoms with Gasteiger partial charge in [-0.2, -0.15) is 5.26 Å². The monoisotopic (exact) mass is 320 g/mol. The molecule has 1 amide bonds. The zero-order chi connectivity index (χ0) is 17.1. The Morgan fingerprint density at radius 2 is 2.04 bits per heavy atom. The van der Waals surface area contributed by atoms with E-state index in [0.29, 0.717) is 6.07 Å². The Balaban J connectivity index is 2.39. The number of furan rings is 1. The van der Waals surface area contributed by atoms with Gasteiger partial charge in [-0.05, 0) is 19.1 Å². The molecular formula is C15H10F2N2O4. The van der Waals surface area contributed by atoms with Gasteiger partial charge in [0, 0.05) is 6.07 Å². The second-order valence-corrected chi connectivity index (χ2v) is 4.42. The van der Waals surface area contributed by atoms with E-state index in [2.05, 4.69) is 10.1 Å². The number of carbonyl (C=O) groups excluding carboxylic acids is 2. The van der Waals surface area contributed by atoms with E-state index in [0.717, 1.165) is 19.2 Å². The molecule has 0 fully saturated rings. The second kappa shape index (κ2) is 6.27. The molecule has 0 saturated heterocycles. The van der Waals surface area contributed by atoms with Gasteiger partial charge in [0.1, 0.15) is 34.6 Å². The summed E-state index contributed by atoms with van der Waals surface area (Å²) in [5.41, 5.74) is -0.820. The first-order valence-electron chi connectivity index (χ1n) is 6.27. The van der Waals surface area contributed by atoms with Crippen molar-refractivity contribution in [3.05, 3.63) is 52.3 Å². The van der Waals surface area contributed by atoms with Crippen LogP contribution in [-0.4, -0.2) is 19.0 Å². The first kappa shape index (κ1) is 16.2. The number of nitriles is 1. The summed E-state index contributed by atoms with van der Waals surface area (Å²) >= 11 is 0. The molecule has 6 nitrogen and oxygen atoms in total. The Bertz CT molecular complexity index is 837. The molecule has 0 unspecified atom stereocenters. The Kier molecular flexibility index (Phi) is 4.41. The second-order valence-electron chi connectivity index (χ2n) is 4.42. The molecule has 1 N–H and O–H groups in total. The molecule has 0 spiro atoms. The summed E-state index contributed by atoms with van der Waals surface area (Å²) in [6, 6.07) is 4.13. The molecule has 0 aliphatic rings. The number of amides is 1. The Hall–Kier alpha value is -3.21. The number of rotatable bonds is 3. The minimum atomic E-state index is -1.07. The predicted molar refractivity (Wildman–Crippen MR) is 73.8 cm³/mol. The highest BCUT2D eigenvalue weighted by atomic mass is 19.1. The number of esters is 1. The number of benzene rings is 1. The summed E-state index contributed by atoms with van der Waals surface area (Å²) in [5.74, 6) is -3.93. The highest BCUT2D eigenvalue weighted by molar-refractivity contribution is 6.05. The van der Waals surface area contributed by atoms with Gasteiger partial charge in [0.15, 0.2) is 0 Å². The van der Waals surface area contributed by atoms with Crippen LogP contribution in [0, 0.1) is 29.9 Å². The van der Waals surface area contributed by atoms with Crippen molar-refractivity contribution in [2.24, 2.45) is 0 Å². The highest BCUT2D eigenvalue weighted by Crippen LogP contribution is 2.27. The highest BCUT2D eigenvalue weighted by Gasteiger charge is 2.26. The molecule has 0 radical (unpaired) electrons. The van der Waals surface area contributed by atoms with Gasteiger partial charge in [-0.15, -0.1) is 0 Å². The van der Waals surface area contributed by atoms with Gasteiger partial charge in [-0.3, -0.25) is 10.1 Å². The summed E-state index contributed by atoms with van der Waals surface area (Å²) in [4.78, 5) is 23.6. The molecule has 1 aromatic heterocycles. The normalized spacial score (nSPS) is 10.0. The number of aryl methyl sites for hydroxylation is 1. The van der Waals surface area contributed by atoms with Crippen molar-refractivity contribution < 1.29 is 27.5 Å². The third-order valence-corrected chi connectivity index (χ3v) is 2.99. The minimum Gasteiger partial charge on any atom is -0.465 e. The van der Waals surface area contributed by atoms with Crippen LogP contribution in [0.4, 0.5) is 14.7 Å². The van der Waals surface area contributed by atoms with Gasteiger partial charge >= 0.3 is 5.97 Å². The molecule has 2 rings (SSSR count). The molecule has 0 bridgehead atoms. The maximum Gasteiger partial charge on any atom is 0.342 e. The number of hydrogen-bond acceptors (Lipinski definition) is 5. The SMILES string of the molecule is COC(=O)c1c(C)oc(NC(=O)c2ccc(F)cc2F)c1C#N. The molecule has 1 aromatic carbocycles. The smallest absolute Gasteiger partial charge is 0.342 e. The molecule has 0 atom stereocenters. The van der Waals surface area contributed by atoms with Gasteiger partial charge in [0.05, 0.1) is 12.7 Å². The van der Waals surface area contributed by atoms with Gasteiger partial charge < -0.3 is 9.15 Å². The fraction of sp³-hybridized carbons (Fsp3) is 0.133. The van der Waals surface area contributed by atoms with E-state index >= 15 is 0 Å². The number of halogens is 2. The zero-order valence-corrected chi connectivity index (χ0v) is 12.1. The Labute approximate surface area is 129 Å². The van der Waals surface area contributed by atoms with E-state index < -0.39 is 29.1 Å². The molecule has 23 heavy (non-hydrogen) atoms. The minimum absolute atomic E-state index is 0.0586. The summed E-state index contributed by atoms with van der Waals surface area (Å²) in [6.45, 7) is 1.40. The topological polar surface area (TPSA) is 92.3 Å². The van der Waals surface area contributed by atoms with Crippen LogP contribution in [0.3, 0.4) is 0 Å². The zero-order valence-electron chi connectivity index (χ0n) is 12.1. The number of nitrogens with zero attached hydrogens (tertiary/aromatic N) is 1. The van der Waals surface area contributed by atoms with Gasteiger partial charge in [0.2, 0.25) is 5.88 Å². The molecule has 8 heteroatoms. The van der Waals surface area contributed by atoms with Crippen LogP contribution >= 0.6 is 0 Å². The Morgan fingerprint density at radius 1 is 1.35 bits per heavy atom. The van der Waals surface area contributed by atoms with E-state index in [4.69, 9.17) is 9.68 Å². The fourth-order valence-corrected chi connectivity index (χ4v) is 1.93. The van der Waals surface area contributed by atoms with Crippen LogP contribution < -0.4 is 5.32 Å². The first-order valence-corrected chi connectivity index (χ1v) is 6.27. The predicted octanol–water partition coefficient (Wildman–Crippen LogP) is 2.78. The molecule has 118 valence electrons. The van der Waals surface area contributed by atoms with Crippen molar-refractivity contribution in [3.8, 4) is 6.07 Å². The third-order valence-electron chi connectivity index (χ3n) is 2.99. The maximum absolute atomic E-state index is 13.6. The number of ether oxygens (including phenoxy) is 1. The lowest BCUT2D eigenvalue weighted by molar-refractivity contribution is 0.0598. The van der Waals surface area contributed by atoms with E-state index in [1.54, 1.807) is 6.07 Å².